The third-order valence-corrected chi connectivity index (χ3v) is 8.19. The van der Waals surface area contributed by atoms with Gasteiger partial charge in [0, 0.05) is 32.2 Å². The normalized spacial score (nSPS) is 17.1. The summed E-state index contributed by atoms with van der Waals surface area (Å²) < 4.78 is 10.9. The van der Waals surface area contributed by atoms with E-state index in [1.165, 1.54) is 10.5 Å². The van der Waals surface area contributed by atoms with Crippen LogP contribution in [0.5, 0.6) is 11.5 Å². The van der Waals surface area contributed by atoms with Gasteiger partial charge >= 0.3 is 0 Å². The minimum absolute atomic E-state index is 0.257. The van der Waals surface area contributed by atoms with Crippen LogP contribution in [0.1, 0.15) is 63.7 Å². The van der Waals surface area contributed by atoms with E-state index in [-0.39, 0.29) is 11.8 Å². The second kappa shape index (κ2) is 12.1. The molecule has 1 saturated heterocycles. The molecule has 0 aliphatic carbocycles. The van der Waals surface area contributed by atoms with E-state index in [2.05, 4.69) is 41.0 Å². The van der Waals surface area contributed by atoms with Crippen molar-refractivity contribution in [3.63, 3.8) is 0 Å². The van der Waals surface area contributed by atoms with E-state index in [0.717, 1.165) is 37.4 Å². The number of amides is 2. The Morgan fingerprint density at radius 3 is 2.23 bits per heavy atom. The maximum absolute atomic E-state index is 14.1. The maximum atomic E-state index is 14.1. The van der Waals surface area contributed by atoms with E-state index in [4.69, 9.17) is 15.2 Å². The van der Waals surface area contributed by atoms with Crippen LogP contribution in [0.3, 0.4) is 0 Å². The van der Waals surface area contributed by atoms with Crippen LogP contribution < -0.4 is 20.1 Å². The number of benzene rings is 3. The van der Waals surface area contributed by atoms with E-state index in [1.807, 2.05) is 36.4 Å². The molecular formula is C32H38N4O4. The molecule has 2 N–H and O–H groups in total. The minimum atomic E-state index is -0.466. The molecule has 2 amide bonds. The zero-order valence-corrected chi connectivity index (χ0v) is 23.5. The molecule has 2 heterocycles. The van der Waals surface area contributed by atoms with Gasteiger partial charge in [-0.3, -0.25) is 19.4 Å². The Labute approximate surface area is 236 Å². The monoisotopic (exact) mass is 542 g/mol. The van der Waals surface area contributed by atoms with E-state index in [9.17, 15) is 9.59 Å². The fourth-order valence-electron chi connectivity index (χ4n) is 5.94. The topological polar surface area (TPSA) is 88.3 Å². The SMILES string of the molecule is COc1ccc(C(CCCN)N2C(=O)c3cccc(N4CCN(C(C)c5ccccc5)CC4)c3C2=O)cc1OC. The van der Waals surface area contributed by atoms with Crippen molar-refractivity contribution in [3.05, 3.63) is 89.0 Å². The van der Waals surface area contributed by atoms with Crippen molar-refractivity contribution in [2.24, 2.45) is 5.73 Å². The van der Waals surface area contributed by atoms with Crippen molar-refractivity contribution in [1.82, 2.24) is 9.80 Å². The number of hydrogen-bond acceptors (Lipinski definition) is 7. The largest absolute Gasteiger partial charge is 0.493 e. The Hall–Kier alpha value is -3.88. The van der Waals surface area contributed by atoms with Gasteiger partial charge in [0.05, 0.1) is 37.1 Å². The van der Waals surface area contributed by atoms with Crippen LogP contribution in [0.2, 0.25) is 0 Å². The Bertz CT molecular complexity index is 1350. The van der Waals surface area contributed by atoms with Gasteiger partial charge in [0.1, 0.15) is 0 Å². The van der Waals surface area contributed by atoms with Crippen molar-refractivity contribution < 1.29 is 19.1 Å². The number of hydrogen-bond donors (Lipinski definition) is 1. The van der Waals surface area contributed by atoms with Gasteiger partial charge < -0.3 is 20.1 Å². The van der Waals surface area contributed by atoms with E-state index < -0.39 is 6.04 Å². The number of rotatable bonds is 10. The van der Waals surface area contributed by atoms with Crippen LogP contribution in [-0.2, 0) is 0 Å². The van der Waals surface area contributed by atoms with Gasteiger partial charge in [-0.25, -0.2) is 0 Å². The molecule has 0 aromatic heterocycles. The minimum Gasteiger partial charge on any atom is -0.493 e. The molecular weight excluding hydrogens is 504 g/mol. The van der Waals surface area contributed by atoms with Gasteiger partial charge in [0.15, 0.2) is 11.5 Å². The molecule has 0 saturated carbocycles. The molecule has 2 aliphatic rings. The molecule has 8 nitrogen and oxygen atoms in total. The molecule has 0 radical (unpaired) electrons. The number of carbonyl (C=O) groups excluding carboxylic acids is 2. The second-order valence-corrected chi connectivity index (χ2v) is 10.4. The van der Waals surface area contributed by atoms with Gasteiger partial charge in [-0.15, -0.1) is 0 Å². The molecule has 5 rings (SSSR count). The number of nitrogens with two attached hydrogens (primary N) is 1. The first kappa shape index (κ1) is 27.7. The maximum Gasteiger partial charge on any atom is 0.264 e. The Morgan fingerprint density at radius 2 is 1.55 bits per heavy atom. The summed E-state index contributed by atoms with van der Waals surface area (Å²) in [4.78, 5) is 34.0. The van der Waals surface area contributed by atoms with Gasteiger partial charge in [0.2, 0.25) is 0 Å². The number of imide groups is 1. The molecule has 2 atom stereocenters. The Morgan fingerprint density at radius 1 is 0.825 bits per heavy atom. The third-order valence-electron chi connectivity index (χ3n) is 8.19. The predicted molar refractivity (Wildman–Crippen MR) is 156 cm³/mol. The molecule has 40 heavy (non-hydrogen) atoms. The van der Waals surface area contributed by atoms with Gasteiger partial charge in [-0.2, -0.15) is 0 Å². The molecule has 2 unspecified atom stereocenters. The summed E-state index contributed by atoms with van der Waals surface area (Å²) >= 11 is 0. The van der Waals surface area contributed by atoms with Gasteiger partial charge in [-0.05, 0) is 61.7 Å². The highest BCUT2D eigenvalue weighted by Gasteiger charge is 2.43. The summed E-state index contributed by atoms with van der Waals surface area (Å²) in [6.45, 7) is 6.00. The lowest BCUT2D eigenvalue weighted by Crippen LogP contribution is -2.47. The molecule has 3 aromatic carbocycles. The van der Waals surface area contributed by atoms with E-state index >= 15 is 0 Å². The standard InChI is InChI=1S/C32H38N4O4/c1-22(23-9-5-4-6-10-23)34-17-19-35(20-18-34)27-12-7-11-25-30(27)32(38)36(31(25)37)26(13-8-16-33)24-14-15-28(39-2)29(21-24)40-3/h4-7,9-12,14-15,21-22,26H,8,13,16-20,33H2,1-3H3. The summed E-state index contributed by atoms with van der Waals surface area (Å²) in [5.41, 5.74) is 9.75. The van der Waals surface area contributed by atoms with Crippen LogP contribution >= 0.6 is 0 Å². The number of anilines is 1. The van der Waals surface area contributed by atoms with Crippen LogP contribution in [-0.4, -0.2) is 68.6 Å². The highest BCUT2D eigenvalue weighted by Crippen LogP contribution is 2.40. The summed E-state index contributed by atoms with van der Waals surface area (Å²) in [5.74, 6) is 0.620. The molecule has 1 fully saturated rings. The van der Waals surface area contributed by atoms with Crippen LogP contribution in [0.25, 0.3) is 0 Å². The van der Waals surface area contributed by atoms with Crippen molar-refractivity contribution in [2.45, 2.75) is 31.8 Å². The number of fused-ring (bicyclic) bond motifs is 1. The number of ether oxygens (including phenoxy) is 2. The van der Waals surface area contributed by atoms with Crippen molar-refractivity contribution in [3.8, 4) is 11.5 Å². The average Bonchev–Trinajstić information content (AvgIpc) is 3.26. The Kier molecular flexibility index (Phi) is 8.38. The van der Waals surface area contributed by atoms with Crippen LogP contribution in [0.4, 0.5) is 5.69 Å². The predicted octanol–water partition coefficient (Wildman–Crippen LogP) is 4.66. The fraction of sp³-hybridized carbons (Fsp3) is 0.375. The van der Waals surface area contributed by atoms with Crippen molar-refractivity contribution >= 4 is 17.5 Å². The van der Waals surface area contributed by atoms with Crippen molar-refractivity contribution in [1.29, 1.82) is 0 Å². The van der Waals surface area contributed by atoms with Gasteiger partial charge in [0.25, 0.3) is 11.8 Å². The Balaban J connectivity index is 1.40. The highest BCUT2D eigenvalue weighted by atomic mass is 16.5. The molecule has 3 aromatic rings. The summed E-state index contributed by atoms with van der Waals surface area (Å²) in [6.07, 6.45) is 1.23. The lowest BCUT2D eigenvalue weighted by molar-refractivity contribution is 0.0572. The number of piperazine rings is 1. The average molecular weight is 543 g/mol. The summed E-state index contributed by atoms with van der Waals surface area (Å²) in [7, 11) is 3.16. The zero-order chi connectivity index (χ0) is 28.2. The quantitative estimate of drug-likeness (QED) is 0.373. The molecule has 0 spiro atoms. The fourth-order valence-corrected chi connectivity index (χ4v) is 5.94. The zero-order valence-electron chi connectivity index (χ0n) is 23.5. The summed E-state index contributed by atoms with van der Waals surface area (Å²) in [5, 5.41) is 0. The lowest BCUT2D eigenvalue weighted by atomic mass is 9.99. The van der Waals surface area contributed by atoms with Crippen LogP contribution in [0.15, 0.2) is 66.7 Å². The number of nitrogens with zero attached hydrogens (tertiary/aromatic N) is 3. The first-order valence-corrected chi connectivity index (χ1v) is 13.9. The molecule has 210 valence electrons. The second-order valence-electron chi connectivity index (χ2n) is 10.4. The lowest BCUT2D eigenvalue weighted by Gasteiger charge is -2.39. The summed E-state index contributed by atoms with van der Waals surface area (Å²) in [6, 6.07) is 21.5. The number of methoxy groups -OCH3 is 2. The number of carbonyl (C=O) groups is 2. The van der Waals surface area contributed by atoms with E-state index in [1.54, 1.807) is 20.3 Å². The first-order chi connectivity index (χ1) is 19.5. The van der Waals surface area contributed by atoms with Crippen molar-refractivity contribution in [2.75, 3.05) is 51.8 Å². The molecule has 0 bridgehead atoms. The highest BCUT2D eigenvalue weighted by molar-refractivity contribution is 6.24. The third kappa shape index (κ3) is 5.17. The molecule has 8 heteroatoms. The van der Waals surface area contributed by atoms with Gasteiger partial charge in [-0.1, -0.05) is 42.5 Å². The molecule has 2 aliphatic heterocycles. The smallest absolute Gasteiger partial charge is 0.264 e. The van der Waals surface area contributed by atoms with E-state index in [0.29, 0.717) is 48.1 Å². The first-order valence-electron chi connectivity index (χ1n) is 13.9. The van der Waals surface area contributed by atoms with Crippen LogP contribution in [0, 0.1) is 0 Å².